The van der Waals surface area contributed by atoms with E-state index in [4.69, 9.17) is 0 Å². The normalized spacial score (nSPS) is 18.3. The number of nitrogens with one attached hydrogen (secondary N) is 2. The summed E-state index contributed by atoms with van der Waals surface area (Å²) in [6, 6.07) is 8.60. The number of amides is 1. The first-order chi connectivity index (χ1) is 16.7. The molecule has 2 aromatic rings. The fraction of sp³-hybridized carbons (Fsp3) is 0.480. The van der Waals surface area contributed by atoms with Crippen molar-refractivity contribution in [2.45, 2.75) is 63.3 Å². The predicted molar refractivity (Wildman–Crippen MR) is 130 cm³/mol. The minimum absolute atomic E-state index is 0.0298. The molecule has 0 saturated heterocycles. The van der Waals surface area contributed by atoms with Gasteiger partial charge in [0.15, 0.2) is 5.78 Å². The smallest absolute Gasteiger partial charge is 0.287 e. The number of fused-ring (bicyclic) bond motifs is 2. The monoisotopic (exact) mass is 500 g/mol. The number of aromatic nitrogens is 2. The van der Waals surface area contributed by atoms with Crippen molar-refractivity contribution in [3.63, 3.8) is 0 Å². The number of rotatable bonds is 8. The molecule has 1 aromatic carbocycles. The molecule has 10 heteroatoms. The van der Waals surface area contributed by atoms with Crippen LogP contribution in [-0.4, -0.2) is 48.4 Å². The molecule has 1 aromatic heterocycles. The van der Waals surface area contributed by atoms with Gasteiger partial charge in [0.25, 0.3) is 5.91 Å². The molecule has 0 fully saturated rings. The molecule has 2 bridgehead atoms. The van der Waals surface area contributed by atoms with Gasteiger partial charge in [0.1, 0.15) is 5.82 Å². The summed E-state index contributed by atoms with van der Waals surface area (Å²) >= 11 is 0. The van der Waals surface area contributed by atoms with Gasteiger partial charge in [0.05, 0.1) is 10.9 Å². The first-order valence-corrected chi connectivity index (χ1v) is 13.4. The quantitative estimate of drug-likeness (QED) is 0.529. The minimum Gasteiger partial charge on any atom is -0.349 e. The highest BCUT2D eigenvalue weighted by molar-refractivity contribution is 7.89. The van der Waals surface area contributed by atoms with Crippen LogP contribution in [0.25, 0.3) is 0 Å². The number of benzene rings is 1. The van der Waals surface area contributed by atoms with Crippen LogP contribution < -0.4 is 10.0 Å². The van der Waals surface area contributed by atoms with E-state index in [0.717, 1.165) is 5.69 Å². The molecule has 0 aliphatic carbocycles. The highest BCUT2D eigenvalue weighted by atomic mass is 32.2. The molecule has 2 atom stereocenters. The Morgan fingerprint density at radius 2 is 1.89 bits per heavy atom. The molecule has 3 rings (SSSR count). The van der Waals surface area contributed by atoms with Crippen LogP contribution >= 0.6 is 0 Å². The van der Waals surface area contributed by atoms with E-state index < -0.39 is 39.5 Å². The van der Waals surface area contributed by atoms with Crippen LogP contribution in [0.15, 0.2) is 47.5 Å². The standard InChI is InChI=1S/C25H32N4O5S/c1-17(2)15-21(29-35(33,34)20-8-4-3-5-9-20)22(30)16-18-7-6-10-23-26-13-11-19(28-23)12-14-27-25(32)24(18)31/h3-5,8-9,11,13,17-18,21,29H,6-7,10,12,14-16H2,1-2H3,(H,27,32). The van der Waals surface area contributed by atoms with Crippen LogP contribution in [0.3, 0.4) is 0 Å². The summed E-state index contributed by atoms with van der Waals surface area (Å²) in [5, 5.41) is 2.61. The molecule has 2 heterocycles. The molecular weight excluding hydrogens is 468 g/mol. The Morgan fingerprint density at radius 1 is 1.14 bits per heavy atom. The first kappa shape index (κ1) is 26.6. The lowest BCUT2D eigenvalue weighted by molar-refractivity contribution is -0.141. The van der Waals surface area contributed by atoms with Crippen molar-refractivity contribution < 1.29 is 22.8 Å². The van der Waals surface area contributed by atoms with Gasteiger partial charge < -0.3 is 5.32 Å². The first-order valence-electron chi connectivity index (χ1n) is 11.9. The van der Waals surface area contributed by atoms with E-state index in [1.54, 1.807) is 30.5 Å². The summed E-state index contributed by atoms with van der Waals surface area (Å²) < 4.78 is 28.3. The maximum Gasteiger partial charge on any atom is 0.287 e. The zero-order valence-corrected chi connectivity index (χ0v) is 20.9. The third kappa shape index (κ3) is 7.76. The Balaban J connectivity index is 1.77. The van der Waals surface area contributed by atoms with E-state index in [-0.39, 0.29) is 30.2 Å². The second-order valence-corrected chi connectivity index (χ2v) is 10.9. The second-order valence-electron chi connectivity index (χ2n) is 9.21. The van der Waals surface area contributed by atoms with E-state index in [1.807, 2.05) is 13.8 Å². The Bertz CT molecular complexity index is 1150. The molecule has 0 saturated carbocycles. The fourth-order valence-corrected chi connectivity index (χ4v) is 5.32. The number of hydrogen-bond acceptors (Lipinski definition) is 7. The van der Waals surface area contributed by atoms with Gasteiger partial charge in [-0.25, -0.2) is 23.1 Å². The molecule has 9 nitrogen and oxygen atoms in total. The number of ketones is 2. The molecule has 0 spiro atoms. The van der Waals surface area contributed by atoms with Crippen molar-refractivity contribution in [3.05, 3.63) is 54.1 Å². The Morgan fingerprint density at radius 3 is 2.60 bits per heavy atom. The van der Waals surface area contributed by atoms with Crippen LogP contribution in [0.5, 0.6) is 0 Å². The van der Waals surface area contributed by atoms with Crippen molar-refractivity contribution in [2.75, 3.05) is 6.54 Å². The minimum atomic E-state index is -3.93. The summed E-state index contributed by atoms with van der Waals surface area (Å²) in [5.41, 5.74) is 0.789. The third-order valence-electron chi connectivity index (χ3n) is 5.87. The van der Waals surface area contributed by atoms with Gasteiger partial charge in [-0.2, -0.15) is 0 Å². The molecule has 1 aliphatic heterocycles. The van der Waals surface area contributed by atoms with Crippen molar-refractivity contribution in [3.8, 4) is 0 Å². The highest BCUT2D eigenvalue weighted by Gasteiger charge is 2.32. The Labute approximate surface area is 206 Å². The number of sulfonamides is 1. The van der Waals surface area contributed by atoms with Crippen LogP contribution in [0.2, 0.25) is 0 Å². The van der Waals surface area contributed by atoms with Gasteiger partial charge in [-0.15, -0.1) is 0 Å². The molecule has 0 radical (unpaired) electrons. The van der Waals surface area contributed by atoms with E-state index in [9.17, 15) is 22.8 Å². The number of carbonyl (C=O) groups excluding carboxylic acids is 3. The van der Waals surface area contributed by atoms with Crippen LogP contribution in [0.1, 0.15) is 51.0 Å². The number of carbonyl (C=O) groups is 3. The van der Waals surface area contributed by atoms with Crippen LogP contribution in [-0.2, 0) is 37.2 Å². The van der Waals surface area contributed by atoms with E-state index in [2.05, 4.69) is 20.0 Å². The molecule has 1 amide bonds. The highest BCUT2D eigenvalue weighted by Crippen LogP contribution is 2.20. The predicted octanol–water partition coefficient (Wildman–Crippen LogP) is 2.01. The van der Waals surface area contributed by atoms with Crippen molar-refractivity contribution in [2.24, 2.45) is 11.8 Å². The Hall–Kier alpha value is -2.98. The zero-order valence-electron chi connectivity index (χ0n) is 20.1. The Kier molecular flexibility index (Phi) is 9.22. The second kappa shape index (κ2) is 12.1. The van der Waals surface area contributed by atoms with Gasteiger partial charge in [0.2, 0.25) is 15.8 Å². The summed E-state index contributed by atoms with van der Waals surface area (Å²) in [7, 11) is -3.93. The summed E-state index contributed by atoms with van der Waals surface area (Å²) in [4.78, 5) is 47.5. The van der Waals surface area contributed by atoms with Crippen molar-refractivity contribution in [1.29, 1.82) is 0 Å². The van der Waals surface area contributed by atoms with Crippen LogP contribution in [0, 0.1) is 11.8 Å². The summed E-state index contributed by atoms with van der Waals surface area (Å²) in [5.74, 6) is -1.96. The maximum atomic E-state index is 13.3. The number of hydrogen-bond donors (Lipinski definition) is 2. The van der Waals surface area contributed by atoms with Crippen LogP contribution in [0.4, 0.5) is 0 Å². The lowest BCUT2D eigenvalue weighted by Gasteiger charge is -2.22. The van der Waals surface area contributed by atoms with Gasteiger partial charge in [-0.3, -0.25) is 14.4 Å². The summed E-state index contributed by atoms with van der Waals surface area (Å²) in [6.07, 6.45) is 3.53. The molecule has 1 aliphatic rings. The van der Waals surface area contributed by atoms with Gasteiger partial charge in [-0.05, 0) is 43.4 Å². The fourth-order valence-electron chi connectivity index (χ4n) is 4.07. The molecule has 2 unspecified atom stereocenters. The lowest BCUT2D eigenvalue weighted by atomic mass is 9.88. The number of nitrogens with zero attached hydrogens (tertiary/aromatic N) is 2. The van der Waals surface area contributed by atoms with E-state index in [0.29, 0.717) is 31.5 Å². The summed E-state index contributed by atoms with van der Waals surface area (Å²) in [6.45, 7) is 4.02. The number of Topliss-reactive ketones (excluding diaryl/α,β-unsaturated/α-hetero) is 2. The lowest BCUT2D eigenvalue weighted by Crippen LogP contribution is -2.44. The topological polar surface area (TPSA) is 135 Å². The molecule has 2 N–H and O–H groups in total. The van der Waals surface area contributed by atoms with E-state index in [1.165, 1.54) is 12.1 Å². The van der Waals surface area contributed by atoms with E-state index >= 15 is 0 Å². The third-order valence-corrected chi connectivity index (χ3v) is 7.36. The van der Waals surface area contributed by atoms with Gasteiger partial charge >= 0.3 is 0 Å². The molecular formula is C25H32N4O5S. The van der Waals surface area contributed by atoms with Gasteiger partial charge in [-0.1, -0.05) is 32.0 Å². The zero-order chi connectivity index (χ0) is 25.4. The van der Waals surface area contributed by atoms with Crippen molar-refractivity contribution in [1.82, 2.24) is 20.0 Å². The van der Waals surface area contributed by atoms with Crippen molar-refractivity contribution >= 4 is 27.5 Å². The van der Waals surface area contributed by atoms with Gasteiger partial charge in [0, 0.05) is 43.6 Å². The average molecular weight is 501 g/mol. The number of aryl methyl sites for hydroxylation is 1. The largest absolute Gasteiger partial charge is 0.349 e. The molecule has 35 heavy (non-hydrogen) atoms. The average Bonchev–Trinajstić information content (AvgIpc) is 2.82. The SMILES string of the molecule is CC(C)CC(NS(=O)(=O)c1ccccc1)C(=O)CC1CCCc2nccc(n2)CCNC(=O)C1=O. The maximum absolute atomic E-state index is 13.3. The molecule has 188 valence electrons.